The number of hydrogen-bond donors (Lipinski definition) is 1. The van der Waals surface area contributed by atoms with Gasteiger partial charge in [0.1, 0.15) is 6.10 Å². The lowest BCUT2D eigenvalue weighted by atomic mass is 9.85. The summed E-state index contributed by atoms with van der Waals surface area (Å²) in [5.41, 5.74) is 6.53. The molecule has 1 aromatic rings. The van der Waals surface area contributed by atoms with Crippen molar-refractivity contribution in [2.75, 3.05) is 0 Å². The first-order valence-corrected chi connectivity index (χ1v) is 6.55. The van der Waals surface area contributed by atoms with Crippen molar-refractivity contribution in [3.63, 3.8) is 0 Å². The van der Waals surface area contributed by atoms with E-state index in [1.807, 2.05) is 44.2 Å². The number of hydrogen-bond acceptors (Lipinski definition) is 3. The van der Waals surface area contributed by atoms with E-state index in [2.05, 4.69) is 0 Å². The summed E-state index contributed by atoms with van der Waals surface area (Å²) in [5, 5.41) is 0. The highest BCUT2D eigenvalue weighted by Gasteiger charge is 2.44. The Balaban J connectivity index is 2.04. The maximum absolute atomic E-state index is 12.3. The molecule has 18 heavy (non-hydrogen) atoms. The number of ether oxygens (including phenoxy) is 1. The zero-order valence-electron chi connectivity index (χ0n) is 11.1. The van der Waals surface area contributed by atoms with E-state index in [0.29, 0.717) is 0 Å². The summed E-state index contributed by atoms with van der Waals surface area (Å²) < 4.78 is 5.57. The Hall–Kier alpha value is -1.35. The summed E-state index contributed by atoms with van der Waals surface area (Å²) in [5.74, 6) is -0.163. The van der Waals surface area contributed by atoms with Crippen LogP contribution >= 0.6 is 0 Å². The van der Waals surface area contributed by atoms with E-state index in [0.717, 1.165) is 24.8 Å². The molecule has 2 rings (SSSR count). The second-order valence-corrected chi connectivity index (χ2v) is 5.37. The summed E-state index contributed by atoms with van der Waals surface area (Å²) in [7, 11) is 0. The second kappa shape index (κ2) is 5.11. The Morgan fingerprint density at radius 2 is 2.11 bits per heavy atom. The van der Waals surface area contributed by atoms with Gasteiger partial charge in [-0.15, -0.1) is 0 Å². The average Bonchev–Trinajstić information content (AvgIpc) is 2.72. The molecule has 0 heterocycles. The van der Waals surface area contributed by atoms with Gasteiger partial charge in [0.15, 0.2) is 0 Å². The van der Waals surface area contributed by atoms with Crippen LogP contribution in [0.3, 0.4) is 0 Å². The summed E-state index contributed by atoms with van der Waals surface area (Å²) in [4.78, 5) is 12.3. The molecule has 3 atom stereocenters. The number of rotatable bonds is 3. The summed E-state index contributed by atoms with van der Waals surface area (Å²) in [6.45, 7) is 3.82. The fraction of sp³-hybridized carbons (Fsp3) is 0.533. The van der Waals surface area contributed by atoms with E-state index in [4.69, 9.17) is 10.5 Å². The van der Waals surface area contributed by atoms with Crippen LogP contribution < -0.4 is 5.73 Å². The van der Waals surface area contributed by atoms with Crippen LogP contribution in [0.5, 0.6) is 0 Å². The largest absolute Gasteiger partial charge is 0.457 e. The highest BCUT2D eigenvalue weighted by atomic mass is 16.5. The number of carbonyl (C=O) groups excluding carboxylic acids is 1. The second-order valence-electron chi connectivity index (χ2n) is 5.37. The molecule has 0 aliphatic heterocycles. The van der Waals surface area contributed by atoms with E-state index in [1.54, 1.807) is 0 Å². The van der Waals surface area contributed by atoms with E-state index < -0.39 is 5.41 Å². The third-order valence-corrected chi connectivity index (χ3v) is 4.05. The molecular formula is C15H21NO2. The minimum absolute atomic E-state index is 0.0760. The average molecular weight is 247 g/mol. The molecule has 0 amide bonds. The van der Waals surface area contributed by atoms with Crippen LogP contribution in [-0.2, 0) is 9.53 Å². The maximum atomic E-state index is 12.3. The Kier molecular flexibility index (Phi) is 3.71. The molecule has 3 heteroatoms. The molecular weight excluding hydrogens is 226 g/mol. The molecule has 0 radical (unpaired) electrons. The number of esters is 1. The summed E-state index contributed by atoms with van der Waals surface area (Å²) >= 11 is 0. The van der Waals surface area contributed by atoms with Crippen molar-refractivity contribution >= 4 is 5.97 Å². The lowest BCUT2D eigenvalue weighted by molar-refractivity contribution is -0.160. The van der Waals surface area contributed by atoms with Crippen molar-refractivity contribution < 1.29 is 9.53 Å². The minimum Gasteiger partial charge on any atom is -0.457 e. The summed E-state index contributed by atoms with van der Waals surface area (Å²) in [6, 6.07) is 9.70. The SMILES string of the molecule is CC(OC(=O)C1(C)CCCC1N)c1ccccc1. The van der Waals surface area contributed by atoms with E-state index in [9.17, 15) is 4.79 Å². The zero-order chi connectivity index (χ0) is 13.2. The van der Waals surface area contributed by atoms with Gasteiger partial charge in [-0.05, 0) is 32.3 Å². The molecule has 3 nitrogen and oxygen atoms in total. The van der Waals surface area contributed by atoms with Crippen LogP contribution in [0.4, 0.5) is 0 Å². The highest BCUT2D eigenvalue weighted by molar-refractivity contribution is 5.78. The predicted molar refractivity (Wildman–Crippen MR) is 70.9 cm³/mol. The molecule has 1 aliphatic carbocycles. The van der Waals surface area contributed by atoms with E-state index in [-0.39, 0.29) is 18.1 Å². The van der Waals surface area contributed by atoms with Gasteiger partial charge in [-0.25, -0.2) is 0 Å². The molecule has 3 unspecified atom stereocenters. The van der Waals surface area contributed by atoms with Crippen molar-refractivity contribution in [2.45, 2.75) is 45.3 Å². The fourth-order valence-corrected chi connectivity index (χ4v) is 2.53. The third-order valence-electron chi connectivity index (χ3n) is 4.05. The molecule has 98 valence electrons. The molecule has 1 saturated carbocycles. The Labute approximate surface area is 108 Å². The van der Waals surface area contributed by atoms with Crippen molar-refractivity contribution in [3.8, 4) is 0 Å². The standard InChI is InChI=1S/C15H21NO2/c1-11(12-7-4-3-5-8-12)18-14(17)15(2)10-6-9-13(15)16/h3-5,7-8,11,13H,6,9-10,16H2,1-2H3. The van der Waals surface area contributed by atoms with Gasteiger partial charge >= 0.3 is 5.97 Å². The van der Waals surface area contributed by atoms with Crippen LogP contribution in [-0.4, -0.2) is 12.0 Å². The number of nitrogens with two attached hydrogens (primary N) is 1. The molecule has 0 saturated heterocycles. The lowest BCUT2D eigenvalue weighted by Crippen LogP contribution is -2.42. The van der Waals surface area contributed by atoms with Gasteiger partial charge in [-0.3, -0.25) is 4.79 Å². The van der Waals surface area contributed by atoms with Gasteiger partial charge < -0.3 is 10.5 Å². The van der Waals surface area contributed by atoms with Crippen LogP contribution in [0.15, 0.2) is 30.3 Å². The van der Waals surface area contributed by atoms with Crippen LogP contribution in [0.2, 0.25) is 0 Å². The van der Waals surface area contributed by atoms with Gasteiger partial charge in [0.25, 0.3) is 0 Å². The minimum atomic E-state index is -0.511. The topological polar surface area (TPSA) is 52.3 Å². The Bertz CT molecular complexity index is 418. The molecule has 2 N–H and O–H groups in total. The maximum Gasteiger partial charge on any atom is 0.313 e. The van der Waals surface area contributed by atoms with Gasteiger partial charge in [0.05, 0.1) is 5.41 Å². The lowest BCUT2D eigenvalue weighted by Gasteiger charge is -2.28. The van der Waals surface area contributed by atoms with Crippen LogP contribution in [0.25, 0.3) is 0 Å². The zero-order valence-corrected chi connectivity index (χ0v) is 11.1. The van der Waals surface area contributed by atoms with Gasteiger partial charge in [-0.2, -0.15) is 0 Å². The van der Waals surface area contributed by atoms with E-state index >= 15 is 0 Å². The van der Waals surface area contributed by atoms with Gasteiger partial charge in [0.2, 0.25) is 0 Å². The van der Waals surface area contributed by atoms with Gasteiger partial charge in [-0.1, -0.05) is 36.8 Å². The van der Waals surface area contributed by atoms with Gasteiger partial charge in [0, 0.05) is 6.04 Å². The summed E-state index contributed by atoms with van der Waals surface area (Å²) in [6.07, 6.45) is 2.52. The van der Waals surface area contributed by atoms with Crippen LogP contribution in [0, 0.1) is 5.41 Å². The first kappa shape index (κ1) is 13.1. The molecule has 0 spiro atoms. The van der Waals surface area contributed by atoms with E-state index in [1.165, 1.54) is 0 Å². The molecule has 1 aromatic carbocycles. The first-order chi connectivity index (χ1) is 8.54. The Morgan fingerprint density at radius 1 is 1.44 bits per heavy atom. The predicted octanol–water partition coefficient (Wildman–Crippen LogP) is 2.81. The number of carbonyl (C=O) groups is 1. The smallest absolute Gasteiger partial charge is 0.313 e. The number of benzene rings is 1. The third kappa shape index (κ3) is 2.41. The molecule has 1 fully saturated rings. The fourth-order valence-electron chi connectivity index (χ4n) is 2.53. The van der Waals surface area contributed by atoms with Crippen molar-refractivity contribution in [1.29, 1.82) is 0 Å². The van der Waals surface area contributed by atoms with Crippen molar-refractivity contribution in [2.24, 2.45) is 11.1 Å². The van der Waals surface area contributed by atoms with Crippen molar-refractivity contribution in [1.82, 2.24) is 0 Å². The highest BCUT2D eigenvalue weighted by Crippen LogP contribution is 2.38. The molecule has 0 aromatic heterocycles. The molecule has 1 aliphatic rings. The van der Waals surface area contributed by atoms with Crippen molar-refractivity contribution in [3.05, 3.63) is 35.9 Å². The monoisotopic (exact) mass is 247 g/mol. The normalized spacial score (nSPS) is 28.9. The quantitative estimate of drug-likeness (QED) is 0.836. The Morgan fingerprint density at radius 3 is 2.67 bits per heavy atom. The molecule has 0 bridgehead atoms. The first-order valence-electron chi connectivity index (χ1n) is 6.55. The van der Waals surface area contributed by atoms with Crippen LogP contribution in [0.1, 0.15) is 44.8 Å².